The smallest absolute Gasteiger partial charge is 0.393 e. The van der Waals surface area contributed by atoms with Crippen LogP contribution in [0.25, 0.3) is 0 Å². The molecule has 1 fully saturated rings. The zero-order valence-corrected chi connectivity index (χ0v) is 17.3. The fourth-order valence-electron chi connectivity index (χ4n) is 2.89. The molecule has 1 aromatic carbocycles. The molecule has 1 aromatic heterocycles. The molecular formula is C18H21F3N4O5S. The van der Waals surface area contributed by atoms with E-state index in [0.717, 1.165) is 10.6 Å². The highest BCUT2D eigenvalue weighted by molar-refractivity contribution is 7.87. The van der Waals surface area contributed by atoms with Crippen LogP contribution in [0, 0.1) is 6.92 Å². The van der Waals surface area contributed by atoms with Crippen LogP contribution < -0.4 is 10.0 Å². The van der Waals surface area contributed by atoms with Crippen molar-refractivity contribution in [1.29, 1.82) is 0 Å². The zero-order valence-electron chi connectivity index (χ0n) is 16.5. The standard InChI is InChI=1S/C18H21F3N4O5S/c1-12-3-4-13(10-18(19,20)21)9-14(12)22-17-23-15(11-30-17)16(26)24-31(27,28)25-5-2-7-29-8-6-25/h3-4,9,11H,2,5-8,10H2,1H3,(H,22,23)(H,24,26). The molecule has 1 aliphatic heterocycles. The van der Waals surface area contributed by atoms with Crippen LogP contribution >= 0.6 is 0 Å². The highest BCUT2D eigenvalue weighted by atomic mass is 32.2. The van der Waals surface area contributed by atoms with Crippen LogP contribution in [0.3, 0.4) is 0 Å². The predicted octanol–water partition coefficient (Wildman–Crippen LogP) is 2.53. The molecule has 1 amide bonds. The Bertz CT molecular complexity index is 1030. The molecule has 1 saturated heterocycles. The summed E-state index contributed by atoms with van der Waals surface area (Å²) >= 11 is 0. The third-order valence-electron chi connectivity index (χ3n) is 4.43. The number of aromatic nitrogens is 1. The van der Waals surface area contributed by atoms with Gasteiger partial charge in [-0.15, -0.1) is 0 Å². The minimum atomic E-state index is -4.36. The number of carbonyl (C=O) groups excluding carboxylic acids is 1. The summed E-state index contributed by atoms with van der Waals surface area (Å²) in [5.74, 6) is -0.996. The molecule has 2 N–H and O–H groups in total. The highest BCUT2D eigenvalue weighted by Gasteiger charge is 2.28. The lowest BCUT2D eigenvalue weighted by Gasteiger charge is -2.18. The first-order chi connectivity index (χ1) is 14.5. The number of alkyl halides is 3. The van der Waals surface area contributed by atoms with Crippen molar-refractivity contribution in [3.8, 4) is 0 Å². The van der Waals surface area contributed by atoms with Crippen molar-refractivity contribution in [2.45, 2.75) is 25.9 Å². The summed E-state index contributed by atoms with van der Waals surface area (Å²) in [6.07, 6.45) is -4.00. The molecule has 0 atom stereocenters. The molecular weight excluding hydrogens is 441 g/mol. The summed E-state index contributed by atoms with van der Waals surface area (Å²) in [5, 5.41) is 2.71. The van der Waals surface area contributed by atoms with Crippen molar-refractivity contribution in [2.24, 2.45) is 0 Å². The monoisotopic (exact) mass is 462 g/mol. The predicted molar refractivity (Wildman–Crippen MR) is 104 cm³/mol. The van der Waals surface area contributed by atoms with Gasteiger partial charge in [0.15, 0.2) is 5.69 Å². The van der Waals surface area contributed by atoms with Gasteiger partial charge in [-0.1, -0.05) is 12.1 Å². The fourth-order valence-corrected chi connectivity index (χ4v) is 4.05. The first kappa shape index (κ1) is 23.0. The number of hydrogen-bond donors (Lipinski definition) is 2. The van der Waals surface area contributed by atoms with E-state index in [4.69, 9.17) is 9.15 Å². The molecule has 2 aromatic rings. The Kier molecular flexibility index (Phi) is 6.86. The van der Waals surface area contributed by atoms with Crippen LogP contribution in [0.15, 0.2) is 28.9 Å². The van der Waals surface area contributed by atoms with E-state index in [0.29, 0.717) is 24.3 Å². The Morgan fingerprint density at radius 2 is 2.03 bits per heavy atom. The van der Waals surface area contributed by atoms with Gasteiger partial charge in [-0.25, -0.2) is 4.72 Å². The average molecular weight is 462 g/mol. The molecule has 0 spiro atoms. The number of benzene rings is 1. The van der Waals surface area contributed by atoms with Gasteiger partial charge in [-0.05, 0) is 30.5 Å². The molecule has 13 heteroatoms. The Balaban J connectivity index is 1.69. The van der Waals surface area contributed by atoms with Crippen molar-refractivity contribution in [2.75, 3.05) is 31.6 Å². The van der Waals surface area contributed by atoms with E-state index in [1.807, 2.05) is 4.72 Å². The number of halogens is 3. The van der Waals surface area contributed by atoms with Gasteiger partial charge in [-0.3, -0.25) is 4.79 Å². The normalized spacial score (nSPS) is 16.0. The molecule has 3 rings (SSSR count). The lowest BCUT2D eigenvalue weighted by atomic mass is 10.1. The number of carbonyl (C=O) groups is 1. The first-order valence-electron chi connectivity index (χ1n) is 9.32. The van der Waals surface area contributed by atoms with Gasteiger partial charge in [0.05, 0.1) is 13.0 Å². The SMILES string of the molecule is Cc1ccc(CC(F)(F)F)cc1Nc1nc(C(=O)NS(=O)(=O)N2CCCOCC2)co1. The molecule has 9 nitrogen and oxygen atoms in total. The number of nitrogens with one attached hydrogen (secondary N) is 2. The lowest BCUT2D eigenvalue weighted by molar-refractivity contribution is -0.127. The lowest BCUT2D eigenvalue weighted by Crippen LogP contribution is -2.44. The molecule has 170 valence electrons. The van der Waals surface area contributed by atoms with E-state index in [2.05, 4.69) is 10.3 Å². The summed E-state index contributed by atoms with van der Waals surface area (Å²) in [5.41, 5.74) is 0.674. The molecule has 2 heterocycles. The van der Waals surface area contributed by atoms with E-state index in [-0.39, 0.29) is 37.0 Å². The summed E-state index contributed by atoms with van der Waals surface area (Å²) in [4.78, 5) is 16.2. The Morgan fingerprint density at radius 3 is 2.77 bits per heavy atom. The molecule has 0 bridgehead atoms. The zero-order chi connectivity index (χ0) is 22.6. The minimum Gasteiger partial charge on any atom is -0.431 e. The van der Waals surface area contributed by atoms with Gasteiger partial charge in [0.25, 0.3) is 11.9 Å². The van der Waals surface area contributed by atoms with Crippen LogP contribution in [0.5, 0.6) is 0 Å². The second-order valence-corrected chi connectivity index (χ2v) is 8.58. The largest absolute Gasteiger partial charge is 0.431 e. The summed E-state index contributed by atoms with van der Waals surface area (Å²) in [7, 11) is -4.09. The van der Waals surface area contributed by atoms with Gasteiger partial charge in [0.2, 0.25) is 0 Å². The van der Waals surface area contributed by atoms with E-state index in [1.54, 1.807) is 6.92 Å². The Hall–Kier alpha value is -2.64. The quantitative estimate of drug-likeness (QED) is 0.678. The number of anilines is 2. The Labute approximate surface area is 176 Å². The Morgan fingerprint density at radius 1 is 1.26 bits per heavy atom. The van der Waals surface area contributed by atoms with Gasteiger partial charge < -0.3 is 14.5 Å². The maximum absolute atomic E-state index is 12.6. The van der Waals surface area contributed by atoms with Gasteiger partial charge in [0.1, 0.15) is 6.26 Å². The number of amides is 1. The van der Waals surface area contributed by atoms with Crippen LogP contribution in [0.4, 0.5) is 24.9 Å². The fraction of sp³-hybridized carbons (Fsp3) is 0.444. The van der Waals surface area contributed by atoms with Crippen molar-refractivity contribution in [3.05, 3.63) is 41.3 Å². The molecule has 0 radical (unpaired) electrons. The van der Waals surface area contributed by atoms with Gasteiger partial charge in [0, 0.05) is 25.4 Å². The number of rotatable bonds is 6. The first-order valence-corrected chi connectivity index (χ1v) is 10.8. The van der Waals surface area contributed by atoms with Crippen molar-refractivity contribution >= 4 is 27.8 Å². The van der Waals surface area contributed by atoms with Crippen LogP contribution in [-0.4, -0.2) is 56.1 Å². The summed E-state index contributed by atoms with van der Waals surface area (Å²) in [6, 6.07) is 4.01. The molecule has 0 aliphatic carbocycles. The average Bonchev–Trinajstić information content (AvgIpc) is 2.95. The molecule has 0 unspecified atom stereocenters. The molecule has 31 heavy (non-hydrogen) atoms. The third-order valence-corrected chi connectivity index (χ3v) is 5.92. The van der Waals surface area contributed by atoms with E-state index < -0.39 is 28.7 Å². The van der Waals surface area contributed by atoms with Crippen molar-refractivity contribution in [3.63, 3.8) is 0 Å². The number of ether oxygens (including phenoxy) is 1. The number of nitrogens with zero attached hydrogens (tertiary/aromatic N) is 2. The van der Waals surface area contributed by atoms with Crippen molar-refractivity contribution < 1.29 is 35.5 Å². The van der Waals surface area contributed by atoms with E-state index >= 15 is 0 Å². The third kappa shape index (κ3) is 6.42. The van der Waals surface area contributed by atoms with Crippen LogP contribution in [-0.2, 0) is 21.4 Å². The summed E-state index contributed by atoms with van der Waals surface area (Å²) in [6.45, 7) is 2.65. The van der Waals surface area contributed by atoms with Gasteiger partial charge >= 0.3 is 16.4 Å². The highest BCUT2D eigenvalue weighted by Crippen LogP contribution is 2.26. The second kappa shape index (κ2) is 9.24. The van der Waals surface area contributed by atoms with Gasteiger partial charge in [-0.2, -0.15) is 30.9 Å². The maximum Gasteiger partial charge on any atom is 0.393 e. The maximum atomic E-state index is 12.6. The second-order valence-electron chi connectivity index (χ2n) is 6.91. The number of hydrogen-bond acceptors (Lipinski definition) is 7. The van der Waals surface area contributed by atoms with E-state index in [1.165, 1.54) is 18.2 Å². The molecule has 0 saturated carbocycles. The number of aryl methyl sites for hydroxylation is 1. The van der Waals surface area contributed by atoms with E-state index in [9.17, 15) is 26.4 Å². The van der Waals surface area contributed by atoms with Crippen molar-refractivity contribution in [1.82, 2.24) is 14.0 Å². The molecule has 1 aliphatic rings. The van der Waals surface area contributed by atoms with Crippen LogP contribution in [0.2, 0.25) is 0 Å². The topological polar surface area (TPSA) is 114 Å². The minimum absolute atomic E-state index is 0.0395. The summed E-state index contributed by atoms with van der Waals surface area (Å²) < 4.78 is 76.0. The van der Waals surface area contributed by atoms with Crippen LogP contribution in [0.1, 0.15) is 28.0 Å². The number of oxazole rings is 1.